The molecule has 0 saturated carbocycles. The number of ketones is 2. The van der Waals surface area contributed by atoms with Gasteiger partial charge in [0.15, 0.2) is 5.78 Å². The van der Waals surface area contributed by atoms with E-state index in [0.29, 0.717) is 28.2 Å². The quantitative estimate of drug-likeness (QED) is 0.383. The molecule has 2 aliphatic heterocycles. The minimum Gasteiger partial charge on any atom is -0.353 e. The molecule has 0 spiro atoms. The highest BCUT2D eigenvalue weighted by molar-refractivity contribution is 6.42. The van der Waals surface area contributed by atoms with Crippen LogP contribution in [0.2, 0.25) is 0 Å². The van der Waals surface area contributed by atoms with Crippen molar-refractivity contribution in [1.82, 2.24) is 9.97 Å². The van der Waals surface area contributed by atoms with Crippen molar-refractivity contribution in [3.8, 4) is 0 Å². The van der Waals surface area contributed by atoms with Crippen LogP contribution in [0, 0.1) is 0 Å². The third-order valence-corrected chi connectivity index (χ3v) is 3.93. The van der Waals surface area contributed by atoms with Crippen molar-refractivity contribution < 1.29 is 14.4 Å². The molecule has 4 rings (SSSR count). The Labute approximate surface area is 146 Å². The number of allylic oxidation sites excluding steroid dienone is 1. The number of hydrogen-bond donors (Lipinski definition) is 4. The molecule has 0 radical (unpaired) electrons. The molecule has 1 amide bonds. The van der Waals surface area contributed by atoms with Gasteiger partial charge in [-0.25, -0.2) is 0 Å². The number of rotatable bonds is 0. The normalized spacial score (nSPS) is 15.1. The summed E-state index contributed by atoms with van der Waals surface area (Å²) < 4.78 is 0. The Bertz CT molecular complexity index is 978. The predicted molar refractivity (Wildman–Crippen MR) is 92.9 cm³/mol. The van der Waals surface area contributed by atoms with Gasteiger partial charge in [-0.05, 0) is 12.1 Å². The summed E-state index contributed by atoms with van der Waals surface area (Å²) in [6.45, 7) is 3.55. The standard InChI is InChI=1S/C9H8N2O2.C8H6N2O3/c1-5-8(12)4-6-7(11-5)2-3-10-9(6)13;11-6-3-4-5(10-8(6)13)1-2-9-7(4)12/h2-3,11H,1,4H2,(H,10,13);1-2H,3H2,(H,9,12)(H,10,13). The first-order valence-corrected chi connectivity index (χ1v) is 7.61. The van der Waals surface area contributed by atoms with Gasteiger partial charge in [0, 0.05) is 42.0 Å². The maximum absolute atomic E-state index is 11.2. The van der Waals surface area contributed by atoms with E-state index in [1.165, 1.54) is 12.4 Å². The van der Waals surface area contributed by atoms with Crippen LogP contribution in [0.3, 0.4) is 0 Å². The largest absolute Gasteiger partial charge is 0.353 e. The van der Waals surface area contributed by atoms with Crippen LogP contribution in [0.1, 0.15) is 11.1 Å². The van der Waals surface area contributed by atoms with Crippen LogP contribution >= 0.6 is 0 Å². The average Bonchev–Trinajstić information content (AvgIpc) is 2.60. The molecule has 132 valence electrons. The van der Waals surface area contributed by atoms with E-state index in [0.717, 1.165) is 0 Å². The zero-order valence-corrected chi connectivity index (χ0v) is 13.5. The lowest BCUT2D eigenvalue weighted by Crippen LogP contribution is -2.33. The Morgan fingerprint density at radius 2 is 1.23 bits per heavy atom. The summed E-state index contributed by atoms with van der Waals surface area (Å²) in [5, 5.41) is 5.13. The molecule has 9 heteroatoms. The van der Waals surface area contributed by atoms with Crippen molar-refractivity contribution in [3.63, 3.8) is 0 Å². The number of carbonyl (C=O) groups excluding carboxylic acids is 3. The van der Waals surface area contributed by atoms with Crippen molar-refractivity contribution >= 4 is 28.8 Å². The van der Waals surface area contributed by atoms with E-state index in [1.807, 2.05) is 0 Å². The van der Waals surface area contributed by atoms with E-state index in [1.54, 1.807) is 12.1 Å². The molecule has 26 heavy (non-hydrogen) atoms. The monoisotopic (exact) mass is 354 g/mol. The molecule has 9 nitrogen and oxygen atoms in total. The van der Waals surface area contributed by atoms with Crippen LogP contribution in [0.5, 0.6) is 0 Å². The molecule has 0 fully saturated rings. The fourth-order valence-electron chi connectivity index (χ4n) is 2.54. The first-order valence-electron chi connectivity index (χ1n) is 7.61. The Balaban J connectivity index is 0.000000151. The number of amides is 1. The van der Waals surface area contributed by atoms with Crippen LogP contribution in [0.15, 0.2) is 46.4 Å². The van der Waals surface area contributed by atoms with E-state index in [2.05, 4.69) is 27.2 Å². The minimum atomic E-state index is -0.655. The second-order valence-electron chi connectivity index (χ2n) is 5.66. The topological polar surface area (TPSA) is 141 Å². The molecule has 0 aromatic carbocycles. The first-order chi connectivity index (χ1) is 12.4. The van der Waals surface area contributed by atoms with Gasteiger partial charge in [0.05, 0.1) is 11.4 Å². The number of hydrogen-bond acceptors (Lipinski definition) is 6. The van der Waals surface area contributed by atoms with Gasteiger partial charge >= 0.3 is 0 Å². The maximum Gasteiger partial charge on any atom is 0.292 e. The van der Waals surface area contributed by atoms with E-state index in [4.69, 9.17) is 0 Å². The van der Waals surface area contributed by atoms with Gasteiger partial charge in [-0.2, -0.15) is 0 Å². The summed E-state index contributed by atoms with van der Waals surface area (Å²) in [5.74, 6) is -1.37. The van der Waals surface area contributed by atoms with Crippen LogP contribution in [-0.4, -0.2) is 27.4 Å². The lowest BCUT2D eigenvalue weighted by Gasteiger charge is -2.17. The zero-order valence-electron chi connectivity index (χ0n) is 13.5. The summed E-state index contributed by atoms with van der Waals surface area (Å²) in [7, 11) is 0. The highest BCUT2D eigenvalue weighted by Gasteiger charge is 2.24. The molecule has 2 aliphatic rings. The summed E-state index contributed by atoms with van der Waals surface area (Å²) in [6, 6.07) is 3.27. The van der Waals surface area contributed by atoms with Gasteiger partial charge < -0.3 is 20.6 Å². The number of carbonyl (C=O) groups is 3. The van der Waals surface area contributed by atoms with E-state index in [9.17, 15) is 24.0 Å². The second kappa shape index (κ2) is 6.63. The lowest BCUT2D eigenvalue weighted by atomic mass is 10.0. The summed E-state index contributed by atoms with van der Waals surface area (Å²) >= 11 is 0. The third kappa shape index (κ3) is 3.22. The molecule has 0 aliphatic carbocycles. The van der Waals surface area contributed by atoms with Crippen molar-refractivity contribution in [2.24, 2.45) is 0 Å². The molecule has 0 atom stereocenters. The highest BCUT2D eigenvalue weighted by Crippen LogP contribution is 2.19. The van der Waals surface area contributed by atoms with Crippen molar-refractivity contribution in [1.29, 1.82) is 0 Å². The number of nitrogens with one attached hydrogen (secondary N) is 4. The van der Waals surface area contributed by atoms with E-state index >= 15 is 0 Å². The Morgan fingerprint density at radius 3 is 1.81 bits per heavy atom. The van der Waals surface area contributed by atoms with Gasteiger partial charge in [-0.3, -0.25) is 24.0 Å². The number of anilines is 2. The summed E-state index contributed by atoms with van der Waals surface area (Å²) in [6.07, 6.45) is 2.99. The van der Waals surface area contributed by atoms with Gasteiger partial charge in [0.2, 0.25) is 5.78 Å². The highest BCUT2D eigenvalue weighted by atomic mass is 16.2. The Kier molecular flexibility index (Phi) is 4.36. The van der Waals surface area contributed by atoms with E-state index in [-0.39, 0.29) is 29.7 Å². The average molecular weight is 354 g/mol. The van der Waals surface area contributed by atoms with Gasteiger partial charge in [-0.15, -0.1) is 0 Å². The van der Waals surface area contributed by atoms with Crippen LogP contribution < -0.4 is 21.8 Å². The van der Waals surface area contributed by atoms with Gasteiger partial charge in [0.25, 0.3) is 17.0 Å². The molecular formula is C17H14N4O5. The first kappa shape index (κ1) is 17.1. The number of pyridine rings is 2. The summed E-state index contributed by atoms with van der Waals surface area (Å²) in [4.78, 5) is 60.4. The zero-order chi connectivity index (χ0) is 18.8. The fourth-order valence-corrected chi connectivity index (χ4v) is 2.54. The molecular weight excluding hydrogens is 340 g/mol. The minimum absolute atomic E-state index is 0.114. The Hall–Kier alpha value is -3.75. The molecule has 0 unspecified atom stereocenters. The SMILES string of the molecule is C=C1Nc2cc[nH]c(=O)c2CC1=O.O=C1Cc2c(cc[nH]c2=O)NC1=O. The van der Waals surface area contributed by atoms with Gasteiger partial charge in [-0.1, -0.05) is 6.58 Å². The predicted octanol–water partition coefficient (Wildman–Crippen LogP) is -0.136. The summed E-state index contributed by atoms with van der Waals surface area (Å²) in [5.41, 5.74) is 1.71. The molecule has 0 bridgehead atoms. The fraction of sp³-hybridized carbons (Fsp3) is 0.118. The van der Waals surface area contributed by atoms with Gasteiger partial charge in [0.1, 0.15) is 0 Å². The number of fused-ring (bicyclic) bond motifs is 2. The molecule has 4 heterocycles. The third-order valence-electron chi connectivity index (χ3n) is 3.93. The van der Waals surface area contributed by atoms with Crippen LogP contribution in [0.25, 0.3) is 0 Å². The van der Waals surface area contributed by atoms with Crippen LogP contribution in [0.4, 0.5) is 11.4 Å². The van der Waals surface area contributed by atoms with Crippen molar-refractivity contribution in [2.75, 3.05) is 10.6 Å². The maximum atomic E-state index is 11.2. The van der Waals surface area contributed by atoms with E-state index < -0.39 is 11.7 Å². The number of H-pyrrole nitrogens is 2. The Morgan fingerprint density at radius 1 is 0.731 bits per heavy atom. The molecule has 2 aromatic rings. The van der Waals surface area contributed by atoms with Crippen molar-refractivity contribution in [2.45, 2.75) is 12.8 Å². The number of aromatic amines is 2. The number of aromatic nitrogens is 2. The number of Topliss-reactive ketones (excluding diaryl/α,β-unsaturated/α-hetero) is 2. The molecule has 0 saturated heterocycles. The lowest BCUT2D eigenvalue weighted by molar-refractivity contribution is -0.134. The van der Waals surface area contributed by atoms with Crippen LogP contribution in [-0.2, 0) is 27.2 Å². The van der Waals surface area contributed by atoms with Crippen molar-refractivity contribution in [3.05, 3.63) is 68.6 Å². The molecule has 2 aromatic heterocycles. The molecule has 4 N–H and O–H groups in total. The smallest absolute Gasteiger partial charge is 0.292 e. The second-order valence-corrected chi connectivity index (χ2v) is 5.66.